The van der Waals surface area contributed by atoms with E-state index in [1.807, 2.05) is 0 Å². The summed E-state index contributed by atoms with van der Waals surface area (Å²) in [7, 11) is 1.67. The van der Waals surface area contributed by atoms with Crippen molar-refractivity contribution in [2.24, 2.45) is 11.8 Å². The molecule has 1 amide bonds. The van der Waals surface area contributed by atoms with Crippen LogP contribution >= 0.6 is 0 Å². The molecule has 1 saturated heterocycles. The van der Waals surface area contributed by atoms with Crippen LogP contribution in [0.5, 0.6) is 5.88 Å². The van der Waals surface area contributed by atoms with Crippen LogP contribution in [0.2, 0.25) is 0 Å². The minimum atomic E-state index is -1.19. The van der Waals surface area contributed by atoms with Crippen molar-refractivity contribution in [2.45, 2.75) is 57.6 Å². The Morgan fingerprint density at radius 1 is 1.23 bits per heavy atom. The molecule has 1 aliphatic heterocycles. The molecule has 2 fully saturated rings. The van der Waals surface area contributed by atoms with E-state index in [-0.39, 0.29) is 36.8 Å². The first-order chi connectivity index (χ1) is 16.9. The van der Waals surface area contributed by atoms with E-state index in [0.29, 0.717) is 51.3 Å². The summed E-state index contributed by atoms with van der Waals surface area (Å²) in [6.07, 6.45) is 2.49. The monoisotopic (exact) mass is 495 g/mol. The lowest BCUT2D eigenvalue weighted by atomic mass is 9.92. The zero-order valence-electron chi connectivity index (χ0n) is 20.9. The first-order valence-corrected chi connectivity index (χ1v) is 12.5. The number of nitrogens with zero attached hydrogens (tertiary/aromatic N) is 2. The Morgan fingerprint density at radius 2 is 1.97 bits per heavy atom. The van der Waals surface area contributed by atoms with E-state index in [4.69, 9.17) is 14.2 Å². The summed E-state index contributed by atoms with van der Waals surface area (Å²) in [5, 5.41) is 12.1. The number of alkyl halides is 1. The van der Waals surface area contributed by atoms with E-state index in [9.17, 15) is 19.1 Å². The maximum Gasteiger partial charge on any atom is 0.331 e. The maximum atomic E-state index is 13.2. The van der Waals surface area contributed by atoms with Crippen LogP contribution in [0.25, 0.3) is 0 Å². The molecule has 1 aromatic rings. The predicted molar refractivity (Wildman–Crippen MR) is 128 cm³/mol. The van der Waals surface area contributed by atoms with Crippen molar-refractivity contribution in [2.75, 3.05) is 51.6 Å². The molecule has 1 saturated carbocycles. The molecule has 2 atom stereocenters. The van der Waals surface area contributed by atoms with Gasteiger partial charge in [-0.3, -0.25) is 9.18 Å². The average Bonchev–Trinajstić information content (AvgIpc) is 3.62. The third kappa shape index (κ3) is 6.61. The molecule has 0 unspecified atom stereocenters. The van der Waals surface area contributed by atoms with E-state index in [1.54, 1.807) is 33.1 Å². The van der Waals surface area contributed by atoms with Crippen molar-refractivity contribution < 1.29 is 33.3 Å². The van der Waals surface area contributed by atoms with Crippen LogP contribution in [0.15, 0.2) is 12.1 Å². The molecule has 0 radical (unpaired) electrons. The molecule has 2 heterocycles. The number of anilines is 1. The van der Waals surface area contributed by atoms with Crippen molar-refractivity contribution in [1.82, 2.24) is 10.3 Å². The molecule has 3 rings (SSSR count). The minimum Gasteiger partial charge on any atom is -0.476 e. The van der Waals surface area contributed by atoms with E-state index >= 15 is 0 Å². The Balaban J connectivity index is 1.73. The highest BCUT2D eigenvalue weighted by molar-refractivity contribution is 5.97. The van der Waals surface area contributed by atoms with Gasteiger partial charge < -0.3 is 29.5 Å². The summed E-state index contributed by atoms with van der Waals surface area (Å²) in [4.78, 5) is 32.5. The number of amides is 1. The van der Waals surface area contributed by atoms with E-state index < -0.39 is 24.1 Å². The highest BCUT2D eigenvalue weighted by Crippen LogP contribution is 2.39. The maximum absolute atomic E-state index is 13.2. The number of halogens is 1. The van der Waals surface area contributed by atoms with Crippen LogP contribution in [0.4, 0.5) is 10.1 Å². The van der Waals surface area contributed by atoms with E-state index in [1.165, 1.54) is 0 Å². The van der Waals surface area contributed by atoms with Crippen molar-refractivity contribution in [3.05, 3.63) is 17.8 Å². The molecule has 9 nitrogen and oxygen atoms in total. The SMILES string of the molecule is CCC(CC)(NC(=O)c1ccc(N2CC(OC)C2)c(OC[C@H]2C[C@@H]2CO)n1)C(=O)OCCCCF. The summed E-state index contributed by atoms with van der Waals surface area (Å²) < 4.78 is 29.0. The molecule has 0 spiro atoms. The molecule has 2 aliphatic rings. The number of hydrogen-bond acceptors (Lipinski definition) is 8. The lowest BCUT2D eigenvalue weighted by molar-refractivity contribution is -0.152. The Morgan fingerprint density at radius 3 is 2.57 bits per heavy atom. The zero-order chi connectivity index (χ0) is 25.4. The molecular formula is C25H38FN3O6. The third-order valence-corrected chi connectivity index (χ3v) is 7.04. The van der Waals surface area contributed by atoms with Crippen molar-refractivity contribution >= 4 is 17.6 Å². The zero-order valence-corrected chi connectivity index (χ0v) is 20.9. The van der Waals surface area contributed by atoms with E-state index in [0.717, 1.165) is 12.1 Å². The van der Waals surface area contributed by atoms with Crippen molar-refractivity contribution in [3.63, 3.8) is 0 Å². The van der Waals surface area contributed by atoms with Gasteiger partial charge in [-0.05, 0) is 56.1 Å². The molecule has 35 heavy (non-hydrogen) atoms. The highest BCUT2D eigenvalue weighted by Gasteiger charge is 2.40. The van der Waals surface area contributed by atoms with Crippen LogP contribution in [-0.2, 0) is 14.3 Å². The van der Waals surface area contributed by atoms with Gasteiger partial charge in [0.2, 0.25) is 5.88 Å². The number of pyridine rings is 1. The fourth-order valence-corrected chi connectivity index (χ4v) is 4.16. The normalized spacial score (nSPS) is 19.7. The second-order valence-electron chi connectivity index (χ2n) is 9.31. The lowest BCUT2D eigenvalue weighted by Crippen LogP contribution is -2.54. The summed E-state index contributed by atoms with van der Waals surface area (Å²) in [6, 6.07) is 3.42. The standard InChI is InChI=1S/C25H38FN3O6/c1-4-25(5-2,24(32)34-11-7-6-10-26)28-22(31)20-8-9-21(29-13-19(14-29)33-3)23(27-20)35-16-18-12-17(18)15-30/h8-9,17-19,30H,4-7,10-16H2,1-3H3,(H,28,31)/t17-,18-/m1/s1. The van der Waals surface area contributed by atoms with Gasteiger partial charge in [0.05, 0.1) is 26.0 Å². The molecular weight excluding hydrogens is 457 g/mol. The molecule has 1 aromatic heterocycles. The number of esters is 1. The Hall–Kier alpha value is -2.46. The minimum absolute atomic E-state index is 0.111. The molecule has 196 valence electrons. The number of aliphatic hydroxyl groups is 1. The second kappa shape index (κ2) is 12.5. The molecule has 0 bridgehead atoms. The van der Waals surface area contributed by atoms with Gasteiger partial charge in [0, 0.05) is 26.8 Å². The molecule has 10 heteroatoms. The Labute approximate surface area is 206 Å². The predicted octanol–water partition coefficient (Wildman–Crippen LogP) is 2.51. The van der Waals surface area contributed by atoms with Crippen molar-refractivity contribution in [1.29, 1.82) is 0 Å². The van der Waals surface area contributed by atoms with Gasteiger partial charge >= 0.3 is 5.97 Å². The number of aromatic nitrogens is 1. The Bertz CT molecular complexity index is 860. The largest absolute Gasteiger partial charge is 0.476 e. The lowest BCUT2D eigenvalue weighted by Gasteiger charge is -2.40. The number of carbonyl (C=O) groups excluding carboxylic acids is 2. The quantitative estimate of drug-likeness (QED) is 0.282. The topological polar surface area (TPSA) is 110 Å². The first-order valence-electron chi connectivity index (χ1n) is 12.5. The third-order valence-electron chi connectivity index (χ3n) is 7.04. The number of rotatable bonds is 15. The number of hydrogen-bond donors (Lipinski definition) is 2. The van der Waals surface area contributed by atoms with Crippen LogP contribution in [0.3, 0.4) is 0 Å². The Kier molecular flexibility index (Phi) is 9.68. The van der Waals surface area contributed by atoms with Gasteiger partial charge in [0.25, 0.3) is 5.91 Å². The number of aliphatic hydroxyl groups excluding tert-OH is 1. The first kappa shape index (κ1) is 27.1. The van der Waals surface area contributed by atoms with Crippen molar-refractivity contribution in [3.8, 4) is 5.88 Å². The number of nitrogens with one attached hydrogen (secondary N) is 1. The van der Waals surface area contributed by atoms with Gasteiger partial charge in [0.15, 0.2) is 0 Å². The molecule has 1 aliphatic carbocycles. The highest BCUT2D eigenvalue weighted by atomic mass is 19.1. The van der Waals surface area contributed by atoms with Gasteiger partial charge in [-0.2, -0.15) is 0 Å². The fourth-order valence-electron chi connectivity index (χ4n) is 4.16. The smallest absolute Gasteiger partial charge is 0.331 e. The summed E-state index contributed by atoms with van der Waals surface area (Å²) in [5.41, 5.74) is -0.279. The number of methoxy groups -OCH3 is 1. The van der Waals surface area contributed by atoms with Gasteiger partial charge in [-0.15, -0.1) is 0 Å². The van der Waals surface area contributed by atoms with Crippen LogP contribution < -0.4 is 15.0 Å². The van der Waals surface area contributed by atoms with Gasteiger partial charge in [0.1, 0.15) is 16.9 Å². The number of ether oxygens (including phenoxy) is 3. The van der Waals surface area contributed by atoms with Crippen LogP contribution in [0.1, 0.15) is 56.4 Å². The van der Waals surface area contributed by atoms with Gasteiger partial charge in [-0.25, -0.2) is 9.78 Å². The van der Waals surface area contributed by atoms with Crippen LogP contribution in [0, 0.1) is 11.8 Å². The van der Waals surface area contributed by atoms with Gasteiger partial charge in [-0.1, -0.05) is 13.8 Å². The number of carbonyl (C=O) groups is 2. The average molecular weight is 496 g/mol. The summed E-state index contributed by atoms with van der Waals surface area (Å²) >= 11 is 0. The molecule has 2 N–H and O–H groups in total. The summed E-state index contributed by atoms with van der Waals surface area (Å²) in [5.74, 6) is -0.155. The number of unbranched alkanes of at least 4 members (excludes halogenated alkanes) is 1. The summed E-state index contributed by atoms with van der Waals surface area (Å²) in [6.45, 7) is 5.21. The second-order valence-corrected chi connectivity index (χ2v) is 9.31. The fraction of sp³-hybridized carbons (Fsp3) is 0.720. The van der Waals surface area contributed by atoms with Crippen LogP contribution in [-0.4, -0.2) is 80.3 Å². The molecule has 0 aromatic carbocycles. The van der Waals surface area contributed by atoms with E-state index in [2.05, 4.69) is 15.2 Å².